The molecule has 0 fully saturated rings. The molecule has 1 aromatic carbocycles. The van der Waals surface area contributed by atoms with E-state index in [4.69, 9.17) is 0 Å². The summed E-state index contributed by atoms with van der Waals surface area (Å²) in [6.45, 7) is 0.0237. The number of halogens is 2. The van der Waals surface area contributed by atoms with Crippen LogP contribution < -0.4 is 5.32 Å². The lowest BCUT2D eigenvalue weighted by Gasteiger charge is -2.04. The summed E-state index contributed by atoms with van der Waals surface area (Å²) in [5.74, 6) is -2.22. The van der Waals surface area contributed by atoms with Crippen molar-refractivity contribution in [1.29, 1.82) is 0 Å². The van der Waals surface area contributed by atoms with Gasteiger partial charge in [-0.05, 0) is 30.3 Å². The molecule has 22 heavy (non-hydrogen) atoms. The molecule has 1 amide bonds. The van der Waals surface area contributed by atoms with Crippen LogP contribution in [-0.4, -0.2) is 20.4 Å². The topological polar surface area (TPSA) is 66.6 Å². The second-order valence-corrected chi connectivity index (χ2v) is 4.66. The van der Waals surface area contributed by atoms with Crippen LogP contribution in [0.3, 0.4) is 0 Å². The number of aromatic nitrogens is 2. The summed E-state index contributed by atoms with van der Waals surface area (Å²) in [4.78, 5) is 16.0. The predicted octanol–water partition coefficient (Wildman–Crippen LogP) is 2.25. The summed E-state index contributed by atoms with van der Waals surface area (Å²) < 4.78 is 28.1. The molecule has 0 aliphatic rings. The van der Waals surface area contributed by atoms with E-state index in [9.17, 15) is 18.7 Å². The number of carbonyl (C=O) groups is 1. The first-order valence-corrected chi connectivity index (χ1v) is 6.43. The normalized spacial score (nSPS) is 10.8. The SMILES string of the molecule is O=C(NCc1cn2cccc(O)c2n1)c1cc(F)ccc1F. The highest BCUT2D eigenvalue weighted by molar-refractivity contribution is 5.94. The standard InChI is InChI=1S/C15H11F2N3O2/c16-9-3-4-12(17)11(6-9)15(22)18-7-10-8-20-5-1-2-13(21)14(20)19-10/h1-6,8,21H,7H2,(H,18,22). The first kappa shape index (κ1) is 14.0. The van der Waals surface area contributed by atoms with Crippen molar-refractivity contribution in [2.75, 3.05) is 0 Å². The molecule has 0 atom stereocenters. The van der Waals surface area contributed by atoms with Gasteiger partial charge in [0.15, 0.2) is 11.4 Å². The number of carbonyl (C=O) groups excluding carboxylic acids is 1. The zero-order chi connectivity index (χ0) is 15.7. The molecule has 0 aliphatic carbocycles. The van der Waals surface area contributed by atoms with Crippen molar-refractivity contribution in [3.8, 4) is 5.75 Å². The molecule has 3 aromatic rings. The van der Waals surface area contributed by atoms with Crippen molar-refractivity contribution < 1.29 is 18.7 Å². The van der Waals surface area contributed by atoms with Crippen LogP contribution in [0.4, 0.5) is 8.78 Å². The summed E-state index contributed by atoms with van der Waals surface area (Å²) >= 11 is 0. The molecule has 2 heterocycles. The Kier molecular flexibility index (Phi) is 3.46. The van der Waals surface area contributed by atoms with Crippen molar-refractivity contribution >= 4 is 11.6 Å². The van der Waals surface area contributed by atoms with E-state index in [0.29, 0.717) is 11.3 Å². The van der Waals surface area contributed by atoms with Gasteiger partial charge in [0, 0.05) is 12.4 Å². The second kappa shape index (κ2) is 5.44. The molecule has 7 heteroatoms. The van der Waals surface area contributed by atoms with E-state index in [1.165, 1.54) is 6.07 Å². The highest BCUT2D eigenvalue weighted by atomic mass is 19.1. The molecule has 3 rings (SSSR count). The smallest absolute Gasteiger partial charge is 0.254 e. The van der Waals surface area contributed by atoms with Gasteiger partial charge in [-0.15, -0.1) is 0 Å². The van der Waals surface area contributed by atoms with Gasteiger partial charge < -0.3 is 14.8 Å². The van der Waals surface area contributed by atoms with Crippen molar-refractivity contribution in [2.24, 2.45) is 0 Å². The molecule has 0 unspecified atom stereocenters. The Morgan fingerprint density at radius 2 is 2.14 bits per heavy atom. The quantitative estimate of drug-likeness (QED) is 0.780. The number of hydrogen-bond donors (Lipinski definition) is 2. The number of imidazole rings is 1. The lowest BCUT2D eigenvalue weighted by molar-refractivity contribution is 0.0946. The van der Waals surface area contributed by atoms with E-state index in [1.807, 2.05) is 0 Å². The molecule has 0 bridgehead atoms. The summed E-state index contributed by atoms with van der Waals surface area (Å²) in [6, 6.07) is 5.81. The molecule has 5 nitrogen and oxygen atoms in total. The van der Waals surface area contributed by atoms with Gasteiger partial charge >= 0.3 is 0 Å². The molecule has 2 aromatic heterocycles. The van der Waals surface area contributed by atoms with Crippen LogP contribution in [0.2, 0.25) is 0 Å². The van der Waals surface area contributed by atoms with E-state index >= 15 is 0 Å². The van der Waals surface area contributed by atoms with E-state index in [-0.39, 0.29) is 17.9 Å². The molecule has 0 saturated carbocycles. The van der Waals surface area contributed by atoms with Crippen LogP contribution in [0.1, 0.15) is 16.1 Å². The van der Waals surface area contributed by atoms with Crippen molar-refractivity contribution in [3.05, 3.63) is 65.6 Å². The Labute approximate surface area is 123 Å². The zero-order valence-electron chi connectivity index (χ0n) is 11.3. The number of nitrogens with zero attached hydrogens (tertiary/aromatic N) is 2. The third-order valence-corrected chi connectivity index (χ3v) is 3.12. The molecule has 0 saturated heterocycles. The van der Waals surface area contributed by atoms with Crippen LogP contribution in [0.15, 0.2) is 42.7 Å². The molecule has 112 valence electrons. The largest absolute Gasteiger partial charge is 0.504 e. The minimum atomic E-state index is -0.799. The first-order valence-electron chi connectivity index (χ1n) is 6.43. The molecular weight excluding hydrogens is 292 g/mol. The summed E-state index contributed by atoms with van der Waals surface area (Å²) in [7, 11) is 0. The second-order valence-electron chi connectivity index (χ2n) is 4.66. The van der Waals surface area contributed by atoms with Crippen molar-refractivity contribution in [3.63, 3.8) is 0 Å². The Morgan fingerprint density at radius 1 is 1.32 bits per heavy atom. The average Bonchev–Trinajstić information content (AvgIpc) is 2.92. The number of benzene rings is 1. The maximum atomic E-state index is 13.5. The van der Waals surface area contributed by atoms with Gasteiger partial charge in [-0.3, -0.25) is 4.79 Å². The van der Waals surface area contributed by atoms with E-state index < -0.39 is 17.5 Å². The fraction of sp³-hybridized carbons (Fsp3) is 0.0667. The maximum Gasteiger partial charge on any atom is 0.254 e. The van der Waals surface area contributed by atoms with Gasteiger partial charge in [0.1, 0.15) is 11.6 Å². The number of pyridine rings is 1. The van der Waals surface area contributed by atoms with Gasteiger partial charge in [-0.25, -0.2) is 13.8 Å². The molecule has 0 aliphatic heterocycles. The van der Waals surface area contributed by atoms with Crippen LogP contribution in [0.25, 0.3) is 5.65 Å². The van der Waals surface area contributed by atoms with Gasteiger partial charge in [0.25, 0.3) is 5.91 Å². The number of amides is 1. The summed E-state index contributed by atoms with van der Waals surface area (Å²) in [6.07, 6.45) is 3.32. The lowest BCUT2D eigenvalue weighted by atomic mass is 10.2. The van der Waals surface area contributed by atoms with Gasteiger partial charge in [0.05, 0.1) is 17.8 Å². The number of hydrogen-bond acceptors (Lipinski definition) is 3. The third kappa shape index (κ3) is 2.60. The number of nitrogens with one attached hydrogen (secondary N) is 1. The molecule has 2 N–H and O–H groups in total. The average molecular weight is 303 g/mol. The summed E-state index contributed by atoms with van der Waals surface area (Å²) in [5.41, 5.74) is 0.460. The highest BCUT2D eigenvalue weighted by Crippen LogP contribution is 2.17. The molecule has 0 radical (unpaired) electrons. The first-order chi connectivity index (χ1) is 10.5. The van der Waals surface area contributed by atoms with Crippen molar-refractivity contribution in [2.45, 2.75) is 6.54 Å². The van der Waals surface area contributed by atoms with Crippen LogP contribution in [0.5, 0.6) is 5.75 Å². The fourth-order valence-electron chi connectivity index (χ4n) is 2.07. The Bertz CT molecular complexity index is 861. The van der Waals surface area contributed by atoms with E-state index in [2.05, 4.69) is 10.3 Å². The minimum Gasteiger partial charge on any atom is -0.504 e. The van der Waals surface area contributed by atoms with Gasteiger partial charge in [-0.2, -0.15) is 0 Å². The van der Waals surface area contributed by atoms with Crippen LogP contribution in [0, 0.1) is 11.6 Å². The molecular formula is C15H11F2N3O2. The third-order valence-electron chi connectivity index (χ3n) is 3.12. The Hall–Kier alpha value is -2.96. The Balaban J connectivity index is 1.77. The number of fused-ring (bicyclic) bond motifs is 1. The minimum absolute atomic E-state index is 0.0104. The Morgan fingerprint density at radius 3 is 2.91 bits per heavy atom. The van der Waals surface area contributed by atoms with Gasteiger partial charge in [0.2, 0.25) is 0 Å². The predicted molar refractivity (Wildman–Crippen MR) is 74.4 cm³/mol. The molecule has 0 spiro atoms. The van der Waals surface area contributed by atoms with Crippen LogP contribution >= 0.6 is 0 Å². The zero-order valence-corrected chi connectivity index (χ0v) is 11.3. The van der Waals surface area contributed by atoms with E-state index in [0.717, 1.165) is 18.2 Å². The van der Waals surface area contributed by atoms with Crippen molar-refractivity contribution in [1.82, 2.24) is 14.7 Å². The maximum absolute atomic E-state index is 13.5. The van der Waals surface area contributed by atoms with E-state index in [1.54, 1.807) is 22.9 Å². The lowest BCUT2D eigenvalue weighted by Crippen LogP contribution is -2.24. The van der Waals surface area contributed by atoms with Crippen LogP contribution in [-0.2, 0) is 6.54 Å². The number of rotatable bonds is 3. The monoisotopic (exact) mass is 303 g/mol. The van der Waals surface area contributed by atoms with Gasteiger partial charge in [-0.1, -0.05) is 0 Å². The highest BCUT2D eigenvalue weighted by Gasteiger charge is 2.13. The number of aromatic hydroxyl groups is 1. The fourth-order valence-corrected chi connectivity index (χ4v) is 2.07. The summed E-state index contributed by atoms with van der Waals surface area (Å²) in [5, 5.41) is 12.1.